The first-order valence-corrected chi connectivity index (χ1v) is 7.09. The van der Waals surface area contributed by atoms with Crippen molar-refractivity contribution in [3.05, 3.63) is 32.9 Å². The molecule has 1 aliphatic heterocycles. The SMILES string of the molecule is Cc1c(I)cccc1C(=O)NCC1CNCC1O. The lowest BCUT2D eigenvalue weighted by atomic mass is 10.1. The Kier molecular flexibility index (Phi) is 4.58. The second-order valence-electron chi connectivity index (χ2n) is 4.61. The van der Waals surface area contributed by atoms with Crippen LogP contribution in [0.3, 0.4) is 0 Å². The monoisotopic (exact) mass is 360 g/mol. The summed E-state index contributed by atoms with van der Waals surface area (Å²) >= 11 is 2.22. The number of carbonyl (C=O) groups is 1. The van der Waals surface area contributed by atoms with Crippen LogP contribution >= 0.6 is 22.6 Å². The van der Waals surface area contributed by atoms with E-state index < -0.39 is 0 Å². The molecule has 0 saturated carbocycles. The molecule has 98 valence electrons. The molecule has 1 amide bonds. The van der Waals surface area contributed by atoms with E-state index in [0.29, 0.717) is 18.7 Å². The highest BCUT2D eigenvalue weighted by atomic mass is 127. The minimum Gasteiger partial charge on any atom is -0.391 e. The van der Waals surface area contributed by atoms with Gasteiger partial charge >= 0.3 is 0 Å². The van der Waals surface area contributed by atoms with Crippen molar-refractivity contribution < 1.29 is 9.90 Å². The van der Waals surface area contributed by atoms with Crippen LogP contribution in [0.25, 0.3) is 0 Å². The number of rotatable bonds is 3. The van der Waals surface area contributed by atoms with Gasteiger partial charge in [0.25, 0.3) is 5.91 Å². The van der Waals surface area contributed by atoms with Gasteiger partial charge in [-0.15, -0.1) is 0 Å². The molecule has 0 bridgehead atoms. The molecule has 1 heterocycles. The Labute approximate surface area is 120 Å². The van der Waals surface area contributed by atoms with Crippen molar-refractivity contribution in [1.82, 2.24) is 10.6 Å². The smallest absolute Gasteiger partial charge is 0.251 e. The Balaban J connectivity index is 1.97. The molecule has 1 aliphatic rings. The minimum atomic E-state index is -0.359. The average Bonchev–Trinajstić information content (AvgIpc) is 2.75. The molecular weight excluding hydrogens is 343 g/mol. The summed E-state index contributed by atoms with van der Waals surface area (Å²) in [6.07, 6.45) is -0.359. The van der Waals surface area contributed by atoms with Crippen molar-refractivity contribution in [2.75, 3.05) is 19.6 Å². The zero-order valence-electron chi connectivity index (χ0n) is 10.2. The number of benzene rings is 1. The van der Waals surface area contributed by atoms with Crippen molar-refractivity contribution in [2.24, 2.45) is 5.92 Å². The van der Waals surface area contributed by atoms with Crippen molar-refractivity contribution in [2.45, 2.75) is 13.0 Å². The van der Waals surface area contributed by atoms with Crippen molar-refractivity contribution >= 4 is 28.5 Å². The van der Waals surface area contributed by atoms with Crippen LogP contribution in [-0.2, 0) is 0 Å². The van der Waals surface area contributed by atoms with Gasteiger partial charge in [0.15, 0.2) is 0 Å². The van der Waals surface area contributed by atoms with E-state index in [-0.39, 0.29) is 17.9 Å². The third kappa shape index (κ3) is 3.02. The van der Waals surface area contributed by atoms with Gasteiger partial charge in [-0.1, -0.05) is 6.07 Å². The second kappa shape index (κ2) is 5.99. The summed E-state index contributed by atoms with van der Waals surface area (Å²) in [5, 5.41) is 15.7. The van der Waals surface area contributed by atoms with Gasteiger partial charge in [-0.2, -0.15) is 0 Å². The Morgan fingerprint density at radius 2 is 2.33 bits per heavy atom. The molecule has 4 nitrogen and oxygen atoms in total. The topological polar surface area (TPSA) is 61.4 Å². The minimum absolute atomic E-state index is 0.0647. The number of β-amino-alcohol motifs (C(OH)–C–C–N with tert-alkyl or cyclic N) is 1. The van der Waals surface area contributed by atoms with E-state index in [1.165, 1.54) is 0 Å². The molecular formula is C13H17IN2O2. The first kappa shape index (κ1) is 13.8. The maximum atomic E-state index is 12.1. The lowest BCUT2D eigenvalue weighted by Crippen LogP contribution is -2.34. The summed E-state index contributed by atoms with van der Waals surface area (Å²) in [6, 6.07) is 5.70. The van der Waals surface area contributed by atoms with E-state index in [0.717, 1.165) is 15.7 Å². The summed E-state index contributed by atoms with van der Waals surface area (Å²) in [5.41, 5.74) is 1.71. The fourth-order valence-electron chi connectivity index (χ4n) is 2.10. The molecule has 5 heteroatoms. The van der Waals surface area contributed by atoms with Crippen molar-refractivity contribution in [1.29, 1.82) is 0 Å². The van der Waals surface area contributed by atoms with Gasteiger partial charge in [-0.05, 0) is 47.2 Å². The van der Waals surface area contributed by atoms with Gasteiger partial charge in [-0.25, -0.2) is 0 Å². The zero-order chi connectivity index (χ0) is 13.1. The van der Waals surface area contributed by atoms with E-state index in [4.69, 9.17) is 0 Å². The molecule has 0 spiro atoms. The Morgan fingerprint density at radius 1 is 1.56 bits per heavy atom. The normalized spacial score (nSPS) is 23.1. The van der Waals surface area contributed by atoms with E-state index in [9.17, 15) is 9.90 Å². The third-order valence-corrected chi connectivity index (χ3v) is 4.51. The molecule has 2 rings (SSSR count). The average molecular weight is 360 g/mol. The molecule has 1 fully saturated rings. The van der Waals surface area contributed by atoms with E-state index in [1.807, 2.05) is 25.1 Å². The predicted octanol–water partition coefficient (Wildman–Crippen LogP) is 0.910. The van der Waals surface area contributed by atoms with Gasteiger partial charge in [0, 0.05) is 34.7 Å². The summed E-state index contributed by atoms with van der Waals surface area (Å²) in [7, 11) is 0. The van der Waals surface area contributed by atoms with Crippen LogP contribution in [0.1, 0.15) is 15.9 Å². The summed E-state index contributed by atoms with van der Waals surface area (Å²) in [5.74, 6) is 0.0437. The van der Waals surface area contributed by atoms with Gasteiger partial charge in [0.05, 0.1) is 6.10 Å². The number of hydrogen-bond acceptors (Lipinski definition) is 3. The number of halogens is 1. The van der Waals surface area contributed by atoms with Crippen molar-refractivity contribution in [3.8, 4) is 0 Å². The van der Waals surface area contributed by atoms with Crippen molar-refractivity contribution in [3.63, 3.8) is 0 Å². The molecule has 18 heavy (non-hydrogen) atoms. The number of aliphatic hydroxyl groups excluding tert-OH is 1. The van der Waals surface area contributed by atoms with Crippen LogP contribution in [0.2, 0.25) is 0 Å². The van der Waals surface area contributed by atoms with Gasteiger partial charge in [0.1, 0.15) is 0 Å². The molecule has 1 saturated heterocycles. The van der Waals surface area contributed by atoms with Gasteiger partial charge in [0.2, 0.25) is 0 Å². The number of nitrogens with one attached hydrogen (secondary N) is 2. The fraction of sp³-hybridized carbons (Fsp3) is 0.462. The summed E-state index contributed by atoms with van der Waals surface area (Å²) < 4.78 is 1.09. The highest BCUT2D eigenvalue weighted by Gasteiger charge is 2.25. The quantitative estimate of drug-likeness (QED) is 0.703. The third-order valence-electron chi connectivity index (χ3n) is 3.34. The zero-order valence-corrected chi connectivity index (χ0v) is 12.4. The summed E-state index contributed by atoms with van der Waals surface area (Å²) in [6.45, 7) is 3.83. The number of aliphatic hydroxyl groups is 1. The Morgan fingerprint density at radius 3 is 3.00 bits per heavy atom. The second-order valence-corrected chi connectivity index (χ2v) is 5.77. The molecule has 0 radical (unpaired) electrons. The van der Waals surface area contributed by atoms with Gasteiger partial charge in [-0.3, -0.25) is 4.79 Å². The van der Waals surface area contributed by atoms with Crippen LogP contribution in [0.4, 0.5) is 0 Å². The Bertz CT molecular complexity index is 451. The molecule has 3 N–H and O–H groups in total. The van der Waals surface area contributed by atoms with E-state index >= 15 is 0 Å². The largest absolute Gasteiger partial charge is 0.391 e. The molecule has 0 aliphatic carbocycles. The highest BCUT2D eigenvalue weighted by Crippen LogP contribution is 2.16. The Hall–Kier alpha value is -0.660. The maximum Gasteiger partial charge on any atom is 0.251 e. The molecule has 0 aromatic heterocycles. The lowest BCUT2D eigenvalue weighted by Gasteiger charge is -2.15. The fourth-order valence-corrected chi connectivity index (χ4v) is 2.60. The maximum absolute atomic E-state index is 12.1. The number of hydrogen-bond donors (Lipinski definition) is 3. The van der Waals surface area contributed by atoms with Gasteiger partial charge < -0.3 is 15.7 Å². The number of carbonyl (C=O) groups excluding carboxylic acids is 1. The molecule has 1 aromatic carbocycles. The standard InChI is InChI=1S/C13H17IN2O2/c1-8-10(3-2-4-11(8)14)13(18)16-6-9-5-15-7-12(9)17/h2-4,9,12,15,17H,5-7H2,1H3,(H,16,18). The van der Waals surface area contributed by atoms with E-state index in [2.05, 4.69) is 33.2 Å². The van der Waals surface area contributed by atoms with Crippen LogP contribution in [0.15, 0.2) is 18.2 Å². The number of amides is 1. The lowest BCUT2D eigenvalue weighted by molar-refractivity contribution is 0.0926. The molecule has 2 unspecified atom stereocenters. The first-order valence-electron chi connectivity index (χ1n) is 6.01. The first-order chi connectivity index (χ1) is 8.59. The molecule has 1 aromatic rings. The van der Waals surface area contributed by atoms with E-state index in [1.54, 1.807) is 0 Å². The highest BCUT2D eigenvalue weighted by molar-refractivity contribution is 14.1. The molecule has 2 atom stereocenters. The predicted molar refractivity (Wildman–Crippen MR) is 78.6 cm³/mol. The van der Waals surface area contributed by atoms with Crippen LogP contribution < -0.4 is 10.6 Å². The van der Waals surface area contributed by atoms with Crippen LogP contribution in [-0.4, -0.2) is 36.8 Å². The van der Waals surface area contributed by atoms with Crippen LogP contribution in [0.5, 0.6) is 0 Å². The summed E-state index contributed by atoms with van der Waals surface area (Å²) in [4.78, 5) is 12.1. The van der Waals surface area contributed by atoms with Crippen LogP contribution in [0, 0.1) is 16.4 Å².